The number of hydrogen-bond acceptors (Lipinski definition) is 3. The van der Waals surface area contributed by atoms with Crippen molar-refractivity contribution in [2.45, 2.75) is 55.8 Å². The lowest BCUT2D eigenvalue weighted by molar-refractivity contribution is -0.131. The Labute approximate surface area is 147 Å². The zero-order chi connectivity index (χ0) is 16.7. The maximum atomic E-state index is 13.1. The molecule has 24 heavy (non-hydrogen) atoms. The van der Waals surface area contributed by atoms with Crippen LogP contribution in [-0.2, 0) is 17.8 Å². The molecule has 3 heterocycles. The first-order valence-corrected chi connectivity index (χ1v) is 9.56. The highest BCUT2D eigenvalue weighted by molar-refractivity contribution is 8.01. The second-order valence-electron chi connectivity index (χ2n) is 6.86. The summed E-state index contributed by atoms with van der Waals surface area (Å²) in [5, 5.41) is 4.62. The van der Waals surface area contributed by atoms with Crippen molar-refractivity contribution in [2.24, 2.45) is 0 Å². The van der Waals surface area contributed by atoms with Crippen LogP contribution in [0.2, 0.25) is 0 Å². The Morgan fingerprint density at radius 1 is 1.33 bits per heavy atom. The summed E-state index contributed by atoms with van der Waals surface area (Å²) in [6.45, 7) is 5.81. The predicted octanol–water partition coefficient (Wildman–Crippen LogP) is 3.21. The van der Waals surface area contributed by atoms with Crippen LogP contribution in [0.15, 0.2) is 35.2 Å². The Bertz CT molecular complexity index is 745. The van der Waals surface area contributed by atoms with Crippen LogP contribution in [0.25, 0.3) is 0 Å². The predicted molar refractivity (Wildman–Crippen MR) is 96.2 cm³/mol. The van der Waals surface area contributed by atoms with Gasteiger partial charge in [-0.3, -0.25) is 9.48 Å². The fourth-order valence-electron chi connectivity index (χ4n) is 3.88. The minimum Gasteiger partial charge on any atom is -0.337 e. The van der Waals surface area contributed by atoms with Crippen LogP contribution >= 0.6 is 11.8 Å². The molecule has 0 bridgehead atoms. The van der Waals surface area contributed by atoms with E-state index in [0.29, 0.717) is 5.91 Å². The first-order valence-electron chi connectivity index (χ1n) is 8.68. The SMILES string of the molecule is Cc1cc(C)n(C[C@H]2CCCN2C(=O)[C@@H]2Cc3ccccc3S2)n1. The van der Waals surface area contributed by atoms with Gasteiger partial charge < -0.3 is 4.90 Å². The van der Waals surface area contributed by atoms with Crippen molar-refractivity contribution in [1.29, 1.82) is 0 Å². The largest absolute Gasteiger partial charge is 0.337 e. The molecule has 4 rings (SSSR count). The molecule has 2 aliphatic heterocycles. The van der Waals surface area contributed by atoms with Gasteiger partial charge in [0, 0.05) is 17.1 Å². The summed E-state index contributed by atoms with van der Waals surface area (Å²) in [6, 6.07) is 10.8. The van der Waals surface area contributed by atoms with Gasteiger partial charge in [-0.25, -0.2) is 0 Å². The molecule has 2 atom stereocenters. The van der Waals surface area contributed by atoms with Gasteiger partial charge >= 0.3 is 0 Å². The van der Waals surface area contributed by atoms with Crippen LogP contribution in [0.4, 0.5) is 0 Å². The number of rotatable bonds is 3. The van der Waals surface area contributed by atoms with E-state index in [0.717, 1.165) is 38.0 Å². The smallest absolute Gasteiger partial charge is 0.236 e. The number of thioether (sulfide) groups is 1. The van der Waals surface area contributed by atoms with E-state index in [2.05, 4.69) is 51.9 Å². The minimum absolute atomic E-state index is 0.0449. The molecule has 4 nitrogen and oxygen atoms in total. The number of carbonyl (C=O) groups is 1. The van der Waals surface area contributed by atoms with Crippen molar-refractivity contribution in [2.75, 3.05) is 6.54 Å². The van der Waals surface area contributed by atoms with Gasteiger partial charge in [0.15, 0.2) is 0 Å². The van der Waals surface area contributed by atoms with Crippen LogP contribution < -0.4 is 0 Å². The molecule has 1 amide bonds. The molecule has 5 heteroatoms. The van der Waals surface area contributed by atoms with Gasteiger partial charge in [-0.2, -0.15) is 5.10 Å². The fourth-order valence-corrected chi connectivity index (χ4v) is 5.15. The first-order chi connectivity index (χ1) is 11.6. The lowest BCUT2D eigenvalue weighted by Crippen LogP contribution is -2.43. The van der Waals surface area contributed by atoms with E-state index in [9.17, 15) is 4.79 Å². The summed E-state index contributed by atoms with van der Waals surface area (Å²) < 4.78 is 2.06. The minimum atomic E-state index is 0.0449. The maximum Gasteiger partial charge on any atom is 0.236 e. The van der Waals surface area contributed by atoms with Crippen LogP contribution in [0.5, 0.6) is 0 Å². The molecule has 2 aliphatic rings. The van der Waals surface area contributed by atoms with Crippen molar-refractivity contribution < 1.29 is 4.79 Å². The van der Waals surface area contributed by atoms with Crippen molar-refractivity contribution in [3.8, 4) is 0 Å². The van der Waals surface area contributed by atoms with E-state index in [-0.39, 0.29) is 11.3 Å². The molecule has 0 saturated carbocycles. The topological polar surface area (TPSA) is 38.1 Å². The number of hydrogen-bond donors (Lipinski definition) is 0. The highest BCUT2D eigenvalue weighted by atomic mass is 32.2. The van der Waals surface area contributed by atoms with E-state index in [1.165, 1.54) is 16.2 Å². The summed E-state index contributed by atoms with van der Waals surface area (Å²) in [6.07, 6.45) is 3.04. The number of fused-ring (bicyclic) bond motifs is 1. The third kappa shape index (κ3) is 2.86. The number of benzene rings is 1. The van der Waals surface area contributed by atoms with Crippen LogP contribution in [0, 0.1) is 13.8 Å². The molecule has 0 unspecified atom stereocenters. The lowest BCUT2D eigenvalue weighted by atomic mass is 10.1. The second-order valence-corrected chi connectivity index (χ2v) is 8.10. The lowest BCUT2D eigenvalue weighted by Gasteiger charge is -2.27. The third-order valence-electron chi connectivity index (χ3n) is 5.07. The van der Waals surface area contributed by atoms with Crippen molar-refractivity contribution in [3.05, 3.63) is 47.3 Å². The maximum absolute atomic E-state index is 13.1. The van der Waals surface area contributed by atoms with Gasteiger partial charge in [-0.05, 0) is 50.8 Å². The number of carbonyl (C=O) groups excluding carboxylic acids is 1. The van der Waals surface area contributed by atoms with Crippen molar-refractivity contribution >= 4 is 17.7 Å². The standard InChI is InChI=1S/C19H23N3OS/c1-13-10-14(2)22(20-13)12-16-7-5-9-21(16)19(23)18-11-15-6-3-4-8-17(15)24-18/h3-4,6,8,10,16,18H,5,7,9,11-12H2,1-2H3/t16-,18+/m1/s1. The quantitative estimate of drug-likeness (QED) is 0.860. The molecule has 126 valence electrons. The van der Waals surface area contributed by atoms with Gasteiger partial charge in [0.25, 0.3) is 0 Å². The summed E-state index contributed by atoms with van der Waals surface area (Å²) in [7, 11) is 0. The molecule has 0 aliphatic carbocycles. The average Bonchev–Trinajstić information content (AvgIpc) is 3.26. The summed E-state index contributed by atoms with van der Waals surface area (Å²) in [5.41, 5.74) is 3.54. The Morgan fingerprint density at radius 3 is 2.92 bits per heavy atom. The number of aromatic nitrogens is 2. The number of nitrogens with zero attached hydrogens (tertiary/aromatic N) is 3. The van der Waals surface area contributed by atoms with E-state index in [1.54, 1.807) is 11.8 Å². The molecule has 0 spiro atoms. The highest BCUT2D eigenvalue weighted by Gasteiger charge is 2.36. The normalized spacial score (nSPS) is 22.8. The molecule has 1 saturated heterocycles. The zero-order valence-corrected chi connectivity index (χ0v) is 15.1. The molecule has 0 N–H and O–H groups in total. The van der Waals surface area contributed by atoms with Crippen molar-refractivity contribution in [1.82, 2.24) is 14.7 Å². The molecule has 1 aromatic heterocycles. The molecular formula is C19H23N3OS. The fraction of sp³-hybridized carbons (Fsp3) is 0.474. The Kier molecular flexibility index (Phi) is 4.12. The zero-order valence-electron chi connectivity index (χ0n) is 14.2. The Hall–Kier alpha value is -1.75. The van der Waals surface area contributed by atoms with Crippen LogP contribution in [0.1, 0.15) is 29.8 Å². The van der Waals surface area contributed by atoms with E-state index in [4.69, 9.17) is 0 Å². The summed E-state index contributed by atoms with van der Waals surface area (Å²) >= 11 is 1.73. The molecule has 2 aromatic rings. The van der Waals surface area contributed by atoms with Crippen LogP contribution in [0.3, 0.4) is 0 Å². The van der Waals surface area contributed by atoms with Gasteiger partial charge in [-0.15, -0.1) is 11.8 Å². The molecule has 0 radical (unpaired) electrons. The van der Waals surface area contributed by atoms with Gasteiger partial charge in [0.2, 0.25) is 5.91 Å². The second kappa shape index (κ2) is 6.28. The molecule has 1 fully saturated rings. The Morgan fingerprint density at radius 2 is 2.17 bits per heavy atom. The van der Waals surface area contributed by atoms with Gasteiger partial charge in [0.1, 0.15) is 0 Å². The van der Waals surface area contributed by atoms with Crippen LogP contribution in [-0.4, -0.2) is 38.4 Å². The number of aryl methyl sites for hydroxylation is 2. The van der Waals surface area contributed by atoms with Crippen molar-refractivity contribution in [3.63, 3.8) is 0 Å². The van der Waals surface area contributed by atoms with E-state index >= 15 is 0 Å². The summed E-state index contributed by atoms with van der Waals surface area (Å²) in [5.74, 6) is 0.306. The highest BCUT2D eigenvalue weighted by Crippen LogP contribution is 2.38. The first kappa shape index (κ1) is 15.8. The average molecular weight is 341 g/mol. The molecular weight excluding hydrogens is 318 g/mol. The molecule has 1 aromatic carbocycles. The third-order valence-corrected chi connectivity index (χ3v) is 6.37. The monoisotopic (exact) mass is 341 g/mol. The van der Waals surface area contributed by atoms with Gasteiger partial charge in [-0.1, -0.05) is 18.2 Å². The Balaban J connectivity index is 1.47. The summed E-state index contributed by atoms with van der Waals surface area (Å²) in [4.78, 5) is 16.5. The van der Waals surface area contributed by atoms with E-state index < -0.39 is 0 Å². The number of amides is 1. The van der Waals surface area contributed by atoms with E-state index in [1.807, 2.05) is 6.92 Å². The number of likely N-dealkylation sites (tertiary alicyclic amines) is 1. The van der Waals surface area contributed by atoms with Gasteiger partial charge in [0.05, 0.1) is 23.5 Å².